The zero-order valence-electron chi connectivity index (χ0n) is 9.45. The Morgan fingerprint density at radius 3 is 3.07 bits per heavy atom. The molecule has 1 aliphatic heterocycles. The Kier molecular flexibility index (Phi) is 3.44. The SMILES string of the molecule is COCc1ccc(C2CCCC(C)N2)o1. The number of methoxy groups -OCH3 is 1. The highest BCUT2D eigenvalue weighted by atomic mass is 16.5. The Morgan fingerprint density at radius 1 is 1.47 bits per heavy atom. The van der Waals surface area contributed by atoms with Gasteiger partial charge in [-0.3, -0.25) is 0 Å². The first-order valence-electron chi connectivity index (χ1n) is 5.63. The first-order valence-corrected chi connectivity index (χ1v) is 5.63. The van der Waals surface area contributed by atoms with Gasteiger partial charge in [0, 0.05) is 13.2 Å². The summed E-state index contributed by atoms with van der Waals surface area (Å²) in [5.74, 6) is 1.96. The van der Waals surface area contributed by atoms with Gasteiger partial charge in [0.05, 0.1) is 6.04 Å². The fourth-order valence-corrected chi connectivity index (χ4v) is 2.16. The van der Waals surface area contributed by atoms with Gasteiger partial charge in [-0.05, 0) is 38.3 Å². The van der Waals surface area contributed by atoms with Crippen molar-refractivity contribution in [3.8, 4) is 0 Å². The lowest BCUT2D eigenvalue weighted by atomic mass is 9.98. The predicted octanol–water partition coefficient (Wildman–Crippen LogP) is 2.63. The van der Waals surface area contributed by atoms with E-state index in [0.717, 1.165) is 11.5 Å². The smallest absolute Gasteiger partial charge is 0.129 e. The molecule has 0 bridgehead atoms. The Labute approximate surface area is 90.8 Å². The van der Waals surface area contributed by atoms with E-state index in [-0.39, 0.29) is 0 Å². The van der Waals surface area contributed by atoms with Crippen molar-refractivity contribution >= 4 is 0 Å². The molecule has 0 aromatic carbocycles. The summed E-state index contributed by atoms with van der Waals surface area (Å²) >= 11 is 0. The standard InChI is InChI=1S/C12H19NO2/c1-9-4-3-5-11(13-9)12-7-6-10(15-12)8-14-2/h6-7,9,11,13H,3-5,8H2,1-2H3. The van der Waals surface area contributed by atoms with Crippen molar-refractivity contribution in [1.82, 2.24) is 5.32 Å². The highest BCUT2D eigenvalue weighted by molar-refractivity contribution is 5.11. The summed E-state index contributed by atoms with van der Waals surface area (Å²) in [6.07, 6.45) is 3.71. The molecule has 2 unspecified atom stereocenters. The molecule has 1 N–H and O–H groups in total. The lowest BCUT2D eigenvalue weighted by molar-refractivity contribution is 0.160. The molecule has 84 valence electrons. The number of hydrogen-bond acceptors (Lipinski definition) is 3. The van der Waals surface area contributed by atoms with E-state index in [1.165, 1.54) is 19.3 Å². The van der Waals surface area contributed by atoms with Crippen molar-refractivity contribution in [1.29, 1.82) is 0 Å². The van der Waals surface area contributed by atoms with E-state index in [4.69, 9.17) is 9.15 Å². The highest BCUT2D eigenvalue weighted by Crippen LogP contribution is 2.26. The predicted molar refractivity (Wildman–Crippen MR) is 58.6 cm³/mol. The van der Waals surface area contributed by atoms with Crippen molar-refractivity contribution in [2.75, 3.05) is 7.11 Å². The summed E-state index contributed by atoms with van der Waals surface area (Å²) in [5, 5.41) is 3.55. The van der Waals surface area contributed by atoms with Gasteiger partial charge < -0.3 is 14.5 Å². The first kappa shape index (κ1) is 10.7. The van der Waals surface area contributed by atoms with Gasteiger partial charge in [-0.15, -0.1) is 0 Å². The maximum absolute atomic E-state index is 5.72. The average Bonchev–Trinajstić information content (AvgIpc) is 2.67. The van der Waals surface area contributed by atoms with Crippen LogP contribution in [0.15, 0.2) is 16.5 Å². The zero-order valence-corrected chi connectivity index (χ0v) is 9.45. The maximum Gasteiger partial charge on any atom is 0.129 e. The van der Waals surface area contributed by atoms with Gasteiger partial charge in [-0.25, -0.2) is 0 Å². The second-order valence-corrected chi connectivity index (χ2v) is 4.29. The Bertz CT molecular complexity index is 308. The normalized spacial score (nSPS) is 26.8. The Balaban J connectivity index is 2.01. The minimum Gasteiger partial charge on any atom is -0.462 e. The number of furan rings is 1. The number of nitrogens with one attached hydrogen (secondary N) is 1. The minimum absolute atomic E-state index is 0.388. The number of ether oxygens (including phenoxy) is 1. The summed E-state index contributed by atoms with van der Waals surface area (Å²) < 4.78 is 10.8. The van der Waals surface area contributed by atoms with Crippen LogP contribution in [-0.2, 0) is 11.3 Å². The van der Waals surface area contributed by atoms with Crippen molar-refractivity contribution in [2.24, 2.45) is 0 Å². The zero-order chi connectivity index (χ0) is 10.7. The fraction of sp³-hybridized carbons (Fsp3) is 0.667. The van der Waals surface area contributed by atoms with E-state index in [1.54, 1.807) is 7.11 Å². The molecule has 1 aromatic rings. The van der Waals surface area contributed by atoms with Crippen LogP contribution in [0.5, 0.6) is 0 Å². The van der Waals surface area contributed by atoms with Crippen LogP contribution < -0.4 is 5.32 Å². The van der Waals surface area contributed by atoms with Crippen LogP contribution in [0.2, 0.25) is 0 Å². The van der Waals surface area contributed by atoms with Crippen LogP contribution in [0.25, 0.3) is 0 Å². The van der Waals surface area contributed by atoms with Crippen molar-refractivity contribution in [2.45, 2.75) is 44.9 Å². The molecule has 0 radical (unpaired) electrons. The Morgan fingerprint density at radius 2 is 2.33 bits per heavy atom. The van der Waals surface area contributed by atoms with Crippen molar-refractivity contribution in [3.63, 3.8) is 0 Å². The molecule has 15 heavy (non-hydrogen) atoms. The Hall–Kier alpha value is -0.800. The van der Waals surface area contributed by atoms with Gasteiger partial charge in [0.25, 0.3) is 0 Å². The number of piperidine rings is 1. The quantitative estimate of drug-likeness (QED) is 0.831. The molecule has 0 aliphatic carbocycles. The van der Waals surface area contributed by atoms with E-state index in [2.05, 4.69) is 18.3 Å². The molecular formula is C12H19NO2. The van der Waals surface area contributed by atoms with Crippen molar-refractivity contribution < 1.29 is 9.15 Å². The fourth-order valence-electron chi connectivity index (χ4n) is 2.16. The third-order valence-corrected chi connectivity index (χ3v) is 2.93. The van der Waals surface area contributed by atoms with Gasteiger partial charge in [-0.1, -0.05) is 0 Å². The largest absolute Gasteiger partial charge is 0.462 e. The molecule has 1 aliphatic rings. The number of rotatable bonds is 3. The molecule has 2 rings (SSSR count). The third-order valence-electron chi connectivity index (χ3n) is 2.93. The summed E-state index contributed by atoms with van der Waals surface area (Å²) in [6.45, 7) is 2.79. The van der Waals surface area contributed by atoms with E-state index < -0.39 is 0 Å². The molecule has 1 fully saturated rings. The molecule has 0 saturated carbocycles. The first-order chi connectivity index (χ1) is 7.29. The molecular weight excluding hydrogens is 190 g/mol. The second-order valence-electron chi connectivity index (χ2n) is 4.29. The molecule has 1 aromatic heterocycles. The lowest BCUT2D eigenvalue weighted by Gasteiger charge is -2.27. The molecule has 2 heterocycles. The third kappa shape index (κ3) is 2.61. The van der Waals surface area contributed by atoms with Gasteiger partial charge in [0.2, 0.25) is 0 Å². The average molecular weight is 209 g/mol. The van der Waals surface area contributed by atoms with E-state index in [0.29, 0.717) is 18.7 Å². The van der Waals surface area contributed by atoms with Crippen LogP contribution in [0.4, 0.5) is 0 Å². The van der Waals surface area contributed by atoms with Gasteiger partial charge in [0.1, 0.15) is 18.1 Å². The molecule has 3 heteroatoms. The van der Waals surface area contributed by atoms with Crippen LogP contribution in [-0.4, -0.2) is 13.2 Å². The number of hydrogen-bond donors (Lipinski definition) is 1. The summed E-state index contributed by atoms with van der Waals surface area (Å²) in [6, 6.07) is 5.04. The van der Waals surface area contributed by atoms with Crippen LogP contribution >= 0.6 is 0 Å². The van der Waals surface area contributed by atoms with E-state index in [1.807, 2.05) is 6.07 Å². The van der Waals surface area contributed by atoms with E-state index in [9.17, 15) is 0 Å². The van der Waals surface area contributed by atoms with Crippen LogP contribution in [0.1, 0.15) is 43.7 Å². The maximum atomic E-state index is 5.72. The second kappa shape index (κ2) is 4.81. The van der Waals surface area contributed by atoms with E-state index >= 15 is 0 Å². The highest BCUT2D eigenvalue weighted by Gasteiger charge is 2.21. The van der Waals surface area contributed by atoms with Crippen LogP contribution in [0, 0.1) is 0 Å². The molecule has 0 spiro atoms. The summed E-state index contributed by atoms with van der Waals surface area (Å²) in [5.41, 5.74) is 0. The lowest BCUT2D eigenvalue weighted by Crippen LogP contribution is -2.34. The topological polar surface area (TPSA) is 34.4 Å². The van der Waals surface area contributed by atoms with Gasteiger partial charge >= 0.3 is 0 Å². The minimum atomic E-state index is 0.388. The molecule has 2 atom stereocenters. The monoisotopic (exact) mass is 209 g/mol. The molecule has 1 saturated heterocycles. The summed E-state index contributed by atoms with van der Waals surface area (Å²) in [4.78, 5) is 0. The molecule has 3 nitrogen and oxygen atoms in total. The summed E-state index contributed by atoms with van der Waals surface area (Å²) in [7, 11) is 1.68. The van der Waals surface area contributed by atoms with Gasteiger partial charge in [0.15, 0.2) is 0 Å². The van der Waals surface area contributed by atoms with Gasteiger partial charge in [-0.2, -0.15) is 0 Å². The molecule has 0 amide bonds. The van der Waals surface area contributed by atoms with Crippen LogP contribution in [0.3, 0.4) is 0 Å². The van der Waals surface area contributed by atoms with Crippen molar-refractivity contribution in [3.05, 3.63) is 23.7 Å².